The fraction of sp³-hybridized carbons (Fsp3) is 0.462. The molecule has 1 rings (SSSR count). The Balaban J connectivity index is 2.91. The number of nitrogens with one attached hydrogen (secondary N) is 1. The standard InChI is InChI=1S/C13H19BrN2O3/c1-3-19-12-10(14)7-9(8-11(12)18-2)13(17)16-6-4-5-15/h7-8H,3-6,15H2,1-2H3,(H,16,17). The number of halogens is 1. The van der Waals surface area contributed by atoms with Crippen LogP contribution in [0.5, 0.6) is 11.5 Å². The second-order valence-corrected chi connectivity index (χ2v) is 4.67. The maximum absolute atomic E-state index is 11.9. The van der Waals surface area contributed by atoms with Gasteiger partial charge in [-0.05, 0) is 48.0 Å². The van der Waals surface area contributed by atoms with Crippen LogP contribution in [0.25, 0.3) is 0 Å². The van der Waals surface area contributed by atoms with Gasteiger partial charge in [0.25, 0.3) is 5.91 Å². The van der Waals surface area contributed by atoms with E-state index >= 15 is 0 Å². The molecular formula is C13H19BrN2O3. The quantitative estimate of drug-likeness (QED) is 0.749. The maximum atomic E-state index is 11.9. The molecule has 6 heteroatoms. The lowest BCUT2D eigenvalue weighted by atomic mass is 10.2. The molecule has 0 aliphatic rings. The highest BCUT2D eigenvalue weighted by atomic mass is 79.9. The molecule has 106 valence electrons. The van der Waals surface area contributed by atoms with Crippen LogP contribution in [0.15, 0.2) is 16.6 Å². The van der Waals surface area contributed by atoms with Crippen molar-refractivity contribution in [3.05, 3.63) is 22.2 Å². The van der Waals surface area contributed by atoms with Crippen molar-refractivity contribution in [1.29, 1.82) is 0 Å². The average Bonchev–Trinajstić information content (AvgIpc) is 2.41. The van der Waals surface area contributed by atoms with Crippen molar-refractivity contribution < 1.29 is 14.3 Å². The van der Waals surface area contributed by atoms with E-state index in [4.69, 9.17) is 15.2 Å². The first kappa shape index (κ1) is 15.8. The molecule has 19 heavy (non-hydrogen) atoms. The first-order chi connectivity index (χ1) is 9.13. The lowest BCUT2D eigenvalue weighted by molar-refractivity contribution is 0.0953. The highest BCUT2D eigenvalue weighted by Gasteiger charge is 2.14. The van der Waals surface area contributed by atoms with E-state index in [0.29, 0.717) is 41.2 Å². The van der Waals surface area contributed by atoms with Crippen molar-refractivity contribution >= 4 is 21.8 Å². The zero-order valence-electron chi connectivity index (χ0n) is 11.2. The molecule has 0 unspecified atom stereocenters. The summed E-state index contributed by atoms with van der Waals surface area (Å²) in [4.78, 5) is 11.9. The summed E-state index contributed by atoms with van der Waals surface area (Å²) in [6, 6.07) is 3.37. The van der Waals surface area contributed by atoms with Gasteiger partial charge in [-0.25, -0.2) is 0 Å². The summed E-state index contributed by atoms with van der Waals surface area (Å²) < 4.78 is 11.4. The lowest BCUT2D eigenvalue weighted by Crippen LogP contribution is -2.26. The summed E-state index contributed by atoms with van der Waals surface area (Å²) >= 11 is 3.38. The molecule has 3 N–H and O–H groups in total. The number of hydrogen-bond donors (Lipinski definition) is 2. The average molecular weight is 331 g/mol. The maximum Gasteiger partial charge on any atom is 0.251 e. The van der Waals surface area contributed by atoms with Gasteiger partial charge in [0.15, 0.2) is 11.5 Å². The fourth-order valence-corrected chi connectivity index (χ4v) is 2.10. The molecule has 0 fully saturated rings. The highest BCUT2D eigenvalue weighted by Crippen LogP contribution is 2.36. The van der Waals surface area contributed by atoms with E-state index < -0.39 is 0 Å². The SMILES string of the molecule is CCOc1c(Br)cc(C(=O)NCCCN)cc1OC. The number of carbonyl (C=O) groups is 1. The first-order valence-electron chi connectivity index (χ1n) is 6.12. The normalized spacial score (nSPS) is 10.1. The first-order valence-corrected chi connectivity index (χ1v) is 6.91. The molecule has 1 aromatic rings. The van der Waals surface area contributed by atoms with Crippen LogP contribution in [0.3, 0.4) is 0 Å². The van der Waals surface area contributed by atoms with E-state index in [1.54, 1.807) is 19.2 Å². The van der Waals surface area contributed by atoms with Gasteiger partial charge in [0, 0.05) is 12.1 Å². The van der Waals surface area contributed by atoms with Gasteiger partial charge >= 0.3 is 0 Å². The topological polar surface area (TPSA) is 73.6 Å². The van der Waals surface area contributed by atoms with Crippen molar-refractivity contribution in [1.82, 2.24) is 5.32 Å². The van der Waals surface area contributed by atoms with Gasteiger partial charge in [-0.2, -0.15) is 0 Å². The van der Waals surface area contributed by atoms with Crippen molar-refractivity contribution in [2.45, 2.75) is 13.3 Å². The summed E-state index contributed by atoms with van der Waals surface area (Å²) in [6.45, 7) is 3.52. The molecule has 0 aliphatic heterocycles. The molecule has 1 aromatic carbocycles. The second kappa shape index (κ2) is 8.01. The third-order valence-electron chi connectivity index (χ3n) is 2.45. The lowest BCUT2D eigenvalue weighted by Gasteiger charge is -2.13. The van der Waals surface area contributed by atoms with Gasteiger partial charge in [0.2, 0.25) is 0 Å². The van der Waals surface area contributed by atoms with E-state index in [2.05, 4.69) is 21.2 Å². The van der Waals surface area contributed by atoms with Gasteiger partial charge in [-0.3, -0.25) is 4.79 Å². The Labute approximate surface area is 121 Å². The molecule has 5 nitrogen and oxygen atoms in total. The third kappa shape index (κ3) is 4.40. The summed E-state index contributed by atoms with van der Waals surface area (Å²) in [5, 5.41) is 2.79. The smallest absolute Gasteiger partial charge is 0.251 e. The largest absolute Gasteiger partial charge is 0.493 e. The molecule has 0 spiro atoms. The summed E-state index contributed by atoms with van der Waals surface area (Å²) in [5.74, 6) is 0.971. The molecule has 0 aromatic heterocycles. The number of methoxy groups -OCH3 is 1. The van der Waals surface area contributed by atoms with Crippen LogP contribution in [-0.4, -0.2) is 32.7 Å². The van der Waals surface area contributed by atoms with Crippen LogP contribution in [-0.2, 0) is 0 Å². The molecule has 1 amide bonds. The predicted molar refractivity (Wildman–Crippen MR) is 77.9 cm³/mol. The number of rotatable bonds is 7. The number of amides is 1. The predicted octanol–water partition coefficient (Wildman–Crippen LogP) is 1.93. The van der Waals surface area contributed by atoms with E-state index in [0.717, 1.165) is 6.42 Å². The number of benzene rings is 1. The van der Waals surface area contributed by atoms with Crippen molar-refractivity contribution in [2.24, 2.45) is 5.73 Å². The zero-order chi connectivity index (χ0) is 14.3. The third-order valence-corrected chi connectivity index (χ3v) is 3.04. The monoisotopic (exact) mass is 330 g/mol. The number of hydrogen-bond acceptors (Lipinski definition) is 4. The number of carbonyl (C=O) groups excluding carboxylic acids is 1. The minimum atomic E-state index is -0.157. The molecule has 0 saturated carbocycles. The molecular weight excluding hydrogens is 312 g/mol. The van der Waals surface area contributed by atoms with Crippen LogP contribution in [0.2, 0.25) is 0 Å². The van der Waals surface area contributed by atoms with Crippen LogP contribution in [0.4, 0.5) is 0 Å². The van der Waals surface area contributed by atoms with Crippen molar-refractivity contribution in [2.75, 3.05) is 26.8 Å². The van der Waals surface area contributed by atoms with E-state index in [-0.39, 0.29) is 5.91 Å². The summed E-state index contributed by atoms with van der Waals surface area (Å²) in [5.41, 5.74) is 5.90. The van der Waals surface area contributed by atoms with Crippen molar-refractivity contribution in [3.8, 4) is 11.5 Å². The molecule has 0 radical (unpaired) electrons. The van der Waals surface area contributed by atoms with Crippen molar-refractivity contribution in [3.63, 3.8) is 0 Å². The molecule has 0 saturated heterocycles. The highest BCUT2D eigenvalue weighted by molar-refractivity contribution is 9.10. The molecule has 0 bridgehead atoms. The minimum absolute atomic E-state index is 0.157. The number of ether oxygens (including phenoxy) is 2. The Kier molecular flexibility index (Phi) is 6.66. The Bertz CT molecular complexity index is 438. The van der Waals surface area contributed by atoms with Crippen LogP contribution < -0.4 is 20.5 Å². The van der Waals surface area contributed by atoms with Crippen LogP contribution >= 0.6 is 15.9 Å². The van der Waals surface area contributed by atoms with Gasteiger partial charge in [0.1, 0.15) is 0 Å². The summed E-state index contributed by atoms with van der Waals surface area (Å²) in [7, 11) is 1.54. The van der Waals surface area contributed by atoms with Crippen LogP contribution in [0, 0.1) is 0 Å². The van der Waals surface area contributed by atoms with E-state index in [9.17, 15) is 4.79 Å². The van der Waals surface area contributed by atoms with Gasteiger partial charge in [0.05, 0.1) is 18.2 Å². The summed E-state index contributed by atoms with van der Waals surface area (Å²) in [6.07, 6.45) is 0.751. The Morgan fingerprint density at radius 3 is 2.79 bits per heavy atom. The van der Waals surface area contributed by atoms with Gasteiger partial charge in [-0.15, -0.1) is 0 Å². The number of nitrogens with two attached hydrogens (primary N) is 1. The van der Waals surface area contributed by atoms with E-state index in [1.165, 1.54) is 0 Å². The molecule has 0 atom stereocenters. The van der Waals surface area contributed by atoms with Gasteiger partial charge in [-0.1, -0.05) is 0 Å². The molecule has 0 heterocycles. The Hall–Kier alpha value is -1.27. The second-order valence-electron chi connectivity index (χ2n) is 3.82. The molecule has 0 aliphatic carbocycles. The van der Waals surface area contributed by atoms with Crippen LogP contribution in [0.1, 0.15) is 23.7 Å². The zero-order valence-corrected chi connectivity index (χ0v) is 12.7. The Morgan fingerprint density at radius 1 is 1.47 bits per heavy atom. The van der Waals surface area contributed by atoms with E-state index in [1.807, 2.05) is 6.92 Å². The minimum Gasteiger partial charge on any atom is -0.493 e. The van der Waals surface area contributed by atoms with Gasteiger partial charge < -0.3 is 20.5 Å². The fourth-order valence-electron chi connectivity index (χ4n) is 1.54. The Morgan fingerprint density at radius 2 is 2.21 bits per heavy atom.